The number of H-pyrrole nitrogens is 1. The minimum atomic E-state index is -1.04. The van der Waals surface area contributed by atoms with Crippen LogP contribution in [0.5, 0.6) is 0 Å². The zero-order chi connectivity index (χ0) is 14.7. The SMILES string of the molecule is CCc1nc(C(=O)Nc2ccc(C)c(C(=O)O)c2)n[nH]1. The number of anilines is 1. The first-order chi connectivity index (χ1) is 9.51. The van der Waals surface area contributed by atoms with Gasteiger partial charge in [-0.1, -0.05) is 13.0 Å². The first-order valence-corrected chi connectivity index (χ1v) is 6.07. The number of benzene rings is 1. The molecule has 0 aliphatic heterocycles. The van der Waals surface area contributed by atoms with Gasteiger partial charge in [0.25, 0.3) is 5.91 Å². The van der Waals surface area contributed by atoms with Gasteiger partial charge in [0.15, 0.2) is 0 Å². The van der Waals surface area contributed by atoms with E-state index in [4.69, 9.17) is 5.11 Å². The molecule has 0 radical (unpaired) electrons. The van der Waals surface area contributed by atoms with Crippen molar-refractivity contribution in [3.63, 3.8) is 0 Å². The van der Waals surface area contributed by atoms with Gasteiger partial charge in [-0.3, -0.25) is 9.89 Å². The molecule has 0 aliphatic rings. The second kappa shape index (κ2) is 5.52. The Bertz CT molecular complexity index is 663. The molecule has 1 aromatic carbocycles. The van der Waals surface area contributed by atoms with Gasteiger partial charge in [0, 0.05) is 12.1 Å². The quantitative estimate of drug-likeness (QED) is 0.785. The van der Waals surface area contributed by atoms with E-state index in [2.05, 4.69) is 20.5 Å². The third kappa shape index (κ3) is 2.82. The summed E-state index contributed by atoms with van der Waals surface area (Å²) in [7, 11) is 0. The number of rotatable bonds is 4. The van der Waals surface area contributed by atoms with Crippen LogP contribution in [-0.4, -0.2) is 32.2 Å². The molecule has 20 heavy (non-hydrogen) atoms. The lowest BCUT2D eigenvalue weighted by atomic mass is 10.1. The van der Waals surface area contributed by atoms with Gasteiger partial charge < -0.3 is 10.4 Å². The Balaban J connectivity index is 2.19. The molecule has 0 fully saturated rings. The second-order valence-corrected chi connectivity index (χ2v) is 4.25. The molecule has 7 nitrogen and oxygen atoms in total. The molecule has 0 bridgehead atoms. The van der Waals surface area contributed by atoms with E-state index in [1.54, 1.807) is 19.1 Å². The van der Waals surface area contributed by atoms with Crippen LogP contribution in [0.2, 0.25) is 0 Å². The lowest BCUT2D eigenvalue weighted by Gasteiger charge is -2.06. The number of aromatic amines is 1. The highest BCUT2D eigenvalue weighted by Gasteiger charge is 2.14. The van der Waals surface area contributed by atoms with E-state index in [1.807, 2.05) is 6.92 Å². The molecule has 0 aliphatic carbocycles. The Hall–Kier alpha value is -2.70. The number of carbonyl (C=O) groups is 2. The summed E-state index contributed by atoms with van der Waals surface area (Å²) in [5.74, 6) is -0.879. The lowest BCUT2D eigenvalue weighted by molar-refractivity contribution is 0.0695. The van der Waals surface area contributed by atoms with Crippen molar-refractivity contribution in [1.29, 1.82) is 0 Å². The topological polar surface area (TPSA) is 108 Å². The fourth-order valence-electron chi connectivity index (χ4n) is 1.67. The minimum Gasteiger partial charge on any atom is -0.478 e. The maximum absolute atomic E-state index is 11.9. The number of aryl methyl sites for hydroxylation is 2. The molecule has 0 saturated carbocycles. The fraction of sp³-hybridized carbons (Fsp3) is 0.231. The van der Waals surface area contributed by atoms with Gasteiger partial charge in [0.2, 0.25) is 5.82 Å². The normalized spacial score (nSPS) is 10.3. The van der Waals surface area contributed by atoms with E-state index in [-0.39, 0.29) is 11.4 Å². The number of carbonyl (C=O) groups excluding carboxylic acids is 1. The third-order valence-corrected chi connectivity index (χ3v) is 2.80. The van der Waals surface area contributed by atoms with Gasteiger partial charge in [0.1, 0.15) is 5.82 Å². The van der Waals surface area contributed by atoms with Crippen LogP contribution < -0.4 is 5.32 Å². The molecule has 0 spiro atoms. The summed E-state index contributed by atoms with van der Waals surface area (Å²) in [5.41, 5.74) is 1.16. The molecule has 1 aromatic heterocycles. The van der Waals surface area contributed by atoms with Crippen LogP contribution in [-0.2, 0) is 6.42 Å². The van der Waals surface area contributed by atoms with Crippen LogP contribution in [0.25, 0.3) is 0 Å². The van der Waals surface area contributed by atoms with E-state index in [0.717, 1.165) is 0 Å². The molecule has 3 N–H and O–H groups in total. The van der Waals surface area contributed by atoms with Crippen LogP contribution in [0.1, 0.15) is 39.3 Å². The molecule has 104 valence electrons. The van der Waals surface area contributed by atoms with Gasteiger partial charge >= 0.3 is 5.97 Å². The molecule has 0 saturated heterocycles. The molecular formula is C13H14N4O3. The number of nitrogens with one attached hydrogen (secondary N) is 2. The molecule has 0 atom stereocenters. The summed E-state index contributed by atoms with van der Waals surface area (Å²) in [6, 6.07) is 4.67. The molecule has 2 rings (SSSR count). The van der Waals surface area contributed by atoms with Crippen molar-refractivity contribution >= 4 is 17.6 Å². The first-order valence-electron chi connectivity index (χ1n) is 6.07. The Kier molecular flexibility index (Phi) is 3.79. The lowest BCUT2D eigenvalue weighted by Crippen LogP contribution is -2.14. The van der Waals surface area contributed by atoms with Crippen molar-refractivity contribution in [1.82, 2.24) is 15.2 Å². The van der Waals surface area contributed by atoms with Crippen LogP contribution in [0, 0.1) is 6.92 Å². The molecule has 7 heteroatoms. The van der Waals surface area contributed by atoms with E-state index < -0.39 is 11.9 Å². The van der Waals surface area contributed by atoms with E-state index in [0.29, 0.717) is 23.5 Å². The summed E-state index contributed by atoms with van der Waals surface area (Å²) in [6.07, 6.45) is 0.647. The highest BCUT2D eigenvalue weighted by molar-refractivity contribution is 6.02. The maximum atomic E-state index is 11.9. The summed E-state index contributed by atoms with van der Waals surface area (Å²) in [6.45, 7) is 3.58. The fourth-order valence-corrected chi connectivity index (χ4v) is 1.67. The number of hydrogen-bond acceptors (Lipinski definition) is 4. The van der Waals surface area contributed by atoms with Crippen molar-refractivity contribution in [2.45, 2.75) is 20.3 Å². The van der Waals surface area contributed by atoms with E-state index in [1.165, 1.54) is 6.07 Å². The van der Waals surface area contributed by atoms with Crippen LogP contribution in [0.3, 0.4) is 0 Å². The maximum Gasteiger partial charge on any atom is 0.336 e. The predicted octanol–water partition coefficient (Wildman–Crippen LogP) is 1.63. The average Bonchev–Trinajstić information content (AvgIpc) is 2.89. The number of amides is 1. The molecule has 2 aromatic rings. The number of hydrogen-bond donors (Lipinski definition) is 3. The predicted molar refractivity (Wildman–Crippen MR) is 71.9 cm³/mol. The Morgan fingerprint density at radius 1 is 1.40 bits per heavy atom. The first kappa shape index (κ1) is 13.7. The highest BCUT2D eigenvalue weighted by Crippen LogP contribution is 2.16. The van der Waals surface area contributed by atoms with E-state index >= 15 is 0 Å². The molecule has 0 unspecified atom stereocenters. The third-order valence-electron chi connectivity index (χ3n) is 2.80. The summed E-state index contributed by atoms with van der Waals surface area (Å²) in [4.78, 5) is 26.9. The highest BCUT2D eigenvalue weighted by atomic mass is 16.4. The Morgan fingerprint density at radius 3 is 2.75 bits per heavy atom. The van der Waals surface area contributed by atoms with Gasteiger partial charge in [-0.15, -0.1) is 5.10 Å². The minimum absolute atomic E-state index is 0.0271. The van der Waals surface area contributed by atoms with Gasteiger partial charge in [0.05, 0.1) is 5.56 Å². The molecular weight excluding hydrogens is 260 g/mol. The number of nitrogens with zero attached hydrogens (tertiary/aromatic N) is 2. The second-order valence-electron chi connectivity index (χ2n) is 4.25. The summed E-state index contributed by atoms with van der Waals surface area (Å²) < 4.78 is 0. The van der Waals surface area contributed by atoms with Crippen LogP contribution >= 0.6 is 0 Å². The molecule has 1 heterocycles. The number of carboxylic acids is 1. The smallest absolute Gasteiger partial charge is 0.336 e. The Labute approximate surface area is 115 Å². The van der Waals surface area contributed by atoms with Gasteiger partial charge in [-0.2, -0.15) is 0 Å². The van der Waals surface area contributed by atoms with Crippen molar-refractivity contribution in [3.05, 3.63) is 41.0 Å². The van der Waals surface area contributed by atoms with Crippen molar-refractivity contribution in [3.8, 4) is 0 Å². The van der Waals surface area contributed by atoms with E-state index in [9.17, 15) is 9.59 Å². The zero-order valence-corrected chi connectivity index (χ0v) is 11.1. The summed E-state index contributed by atoms with van der Waals surface area (Å²) in [5, 5.41) is 18.0. The van der Waals surface area contributed by atoms with Crippen LogP contribution in [0.4, 0.5) is 5.69 Å². The summed E-state index contributed by atoms with van der Waals surface area (Å²) >= 11 is 0. The molecule has 1 amide bonds. The van der Waals surface area contributed by atoms with Gasteiger partial charge in [-0.05, 0) is 24.6 Å². The monoisotopic (exact) mass is 274 g/mol. The van der Waals surface area contributed by atoms with Gasteiger partial charge in [-0.25, -0.2) is 9.78 Å². The Morgan fingerprint density at radius 2 is 2.15 bits per heavy atom. The average molecular weight is 274 g/mol. The number of carboxylic acid groups (broad SMARTS) is 1. The number of aromatic nitrogens is 3. The van der Waals surface area contributed by atoms with Crippen molar-refractivity contribution in [2.24, 2.45) is 0 Å². The van der Waals surface area contributed by atoms with Crippen LogP contribution in [0.15, 0.2) is 18.2 Å². The van der Waals surface area contributed by atoms with Crippen molar-refractivity contribution < 1.29 is 14.7 Å². The largest absolute Gasteiger partial charge is 0.478 e. The standard InChI is InChI=1S/C13H14N4O3/c1-3-10-15-11(17-16-10)12(18)14-8-5-4-7(2)9(6-8)13(19)20/h4-6H,3H2,1-2H3,(H,14,18)(H,19,20)(H,15,16,17). The zero-order valence-electron chi connectivity index (χ0n) is 11.1. The van der Waals surface area contributed by atoms with Crippen molar-refractivity contribution in [2.75, 3.05) is 5.32 Å². The number of aromatic carboxylic acids is 1.